The summed E-state index contributed by atoms with van der Waals surface area (Å²) in [6, 6.07) is 31.9. The van der Waals surface area contributed by atoms with Gasteiger partial charge in [-0.15, -0.1) is 0 Å². The van der Waals surface area contributed by atoms with E-state index in [2.05, 4.69) is 192 Å². The zero-order valence-corrected chi connectivity index (χ0v) is 30.6. The first-order chi connectivity index (χ1) is 20.5. The summed E-state index contributed by atoms with van der Waals surface area (Å²) in [6.07, 6.45) is 0. The highest BCUT2D eigenvalue weighted by atomic mass is 14.9. The zero-order valence-electron chi connectivity index (χ0n) is 30.6. The number of hydrogen-bond donors (Lipinski definition) is 2. The molecule has 0 unspecified atom stereocenters. The number of hydrogen-bond acceptors (Lipinski definition) is 2. The van der Waals surface area contributed by atoms with E-state index >= 15 is 0 Å². The molecule has 240 valence electrons. The Hall–Kier alpha value is -3.52. The van der Waals surface area contributed by atoms with Crippen molar-refractivity contribution >= 4 is 22.7 Å². The smallest absolute Gasteiger partial charge is 0.0390 e. The summed E-state index contributed by atoms with van der Waals surface area (Å²) in [5, 5.41) is 7.48. The maximum atomic E-state index is 3.74. The van der Waals surface area contributed by atoms with Gasteiger partial charge in [0.05, 0.1) is 0 Å². The molecule has 0 heterocycles. The Morgan fingerprint density at radius 3 is 0.822 bits per heavy atom. The Bertz CT molecular complexity index is 1490. The van der Waals surface area contributed by atoms with Gasteiger partial charge in [-0.05, 0) is 104 Å². The quantitative estimate of drug-likeness (QED) is 0.229. The van der Waals surface area contributed by atoms with Crippen LogP contribution in [0.25, 0.3) is 0 Å². The molecule has 4 aromatic carbocycles. The number of benzene rings is 4. The molecule has 0 fully saturated rings. The maximum absolute atomic E-state index is 3.74. The van der Waals surface area contributed by atoms with Crippen molar-refractivity contribution in [3.05, 3.63) is 118 Å². The van der Waals surface area contributed by atoms with Gasteiger partial charge in [-0.25, -0.2) is 0 Å². The minimum atomic E-state index is -0.235. The molecule has 4 aromatic rings. The highest BCUT2D eigenvalue weighted by Gasteiger charge is 2.29. The third-order valence-corrected chi connectivity index (χ3v) is 9.12. The third kappa shape index (κ3) is 8.40. The number of nitrogens with one attached hydrogen (secondary N) is 2. The van der Waals surface area contributed by atoms with E-state index in [4.69, 9.17) is 0 Å². The van der Waals surface area contributed by atoms with Gasteiger partial charge < -0.3 is 10.6 Å². The third-order valence-electron chi connectivity index (χ3n) is 9.12. The van der Waals surface area contributed by atoms with Gasteiger partial charge in [0.1, 0.15) is 0 Å². The van der Waals surface area contributed by atoms with Gasteiger partial charge in [0.25, 0.3) is 0 Å². The normalized spacial score (nSPS) is 13.1. The Kier molecular flexibility index (Phi) is 9.17. The van der Waals surface area contributed by atoms with Gasteiger partial charge in [-0.3, -0.25) is 0 Å². The van der Waals surface area contributed by atoms with Gasteiger partial charge >= 0.3 is 0 Å². The maximum Gasteiger partial charge on any atom is 0.0390 e. The van der Waals surface area contributed by atoms with Gasteiger partial charge in [0.2, 0.25) is 0 Å². The molecule has 0 aliphatic heterocycles. The Labute approximate surface area is 275 Å². The van der Waals surface area contributed by atoms with E-state index in [0.717, 1.165) is 22.7 Å². The molecular formula is C43H58N2. The van der Waals surface area contributed by atoms with E-state index in [9.17, 15) is 0 Å². The summed E-state index contributed by atoms with van der Waals surface area (Å²) < 4.78 is 0. The van der Waals surface area contributed by atoms with Gasteiger partial charge in [-0.1, -0.05) is 133 Å². The van der Waals surface area contributed by atoms with E-state index in [0.29, 0.717) is 0 Å². The first-order valence-corrected chi connectivity index (χ1v) is 16.6. The molecule has 0 radical (unpaired) electrons. The molecule has 0 saturated heterocycles. The predicted octanol–water partition coefficient (Wildman–Crippen LogP) is 12.7. The second kappa shape index (κ2) is 12.0. The lowest BCUT2D eigenvalue weighted by Gasteiger charge is -2.32. The van der Waals surface area contributed by atoms with Crippen LogP contribution < -0.4 is 10.6 Å². The van der Waals surface area contributed by atoms with Crippen LogP contribution in [-0.4, -0.2) is 0 Å². The van der Waals surface area contributed by atoms with Crippen LogP contribution in [0.5, 0.6) is 0 Å². The summed E-state index contributed by atoms with van der Waals surface area (Å²) >= 11 is 0. The minimum Gasteiger partial charge on any atom is -0.356 e. The van der Waals surface area contributed by atoms with E-state index in [1.54, 1.807) is 0 Å². The van der Waals surface area contributed by atoms with Crippen molar-refractivity contribution < 1.29 is 0 Å². The fourth-order valence-electron chi connectivity index (χ4n) is 5.59. The van der Waals surface area contributed by atoms with Crippen LogP contribution in [0.2, 0.25) is 0 Å². The van der Waals surface area contributed by atoms with Gasteiger partial charge in [0, 0.05) is 28.2 Å². The summed E-state index contributed by atoms with van der Waals surface area (Å²) in [6.45, 7) is 32.1. The number of rotatable bonds is 6. The highest BCUT2D eigenvalue weighted by molar-refractivity contribution is 5.66. The standard InChI is InChI=1S/C43H58N2/c1-39(2,3)29-15-19-35(20-16-29)44-37-25-31(41(7,8)9)23-33(27-37)43(13,14)34-24-32(42(10,11)12)26-38(28-34)45-36-21-17-30(18-22-36)40(4,5)6/h15-28,44-45H,1-14H3. The van der Waals surface area contributed by atoms with Crippen molar-refractivity contribution in [1.29, 1.82) is 0 Å². The zero-order chi connectivity index (χ0) is 33.6. The molecule has 2 N–H and O–H groups in total. The van der Waals surface area contributed by atoms with Crippen molar-refractivity contribution in [2.24, 2.45) is 0 Å². The molecular weight excluding hydrogens is 544 g/mol. The largest absolute Gasteiger partial charge is 0.356 e. The molecule has 0 atom stereocenters. The topological polar surface area (TPSA) is 24.1 Å². The predicted molar refractivity (Wildman–Crippen MR) is 199 cm³/mol. The van der Waals surface area contributed by atoms with Crippen LogP contribution in [0.15, 0.2) is 84.9 Å². The first kappa shape index (κ1) is 34.4. The summed E-state index contributed by atoms with van der Waals surface area (Å²) in [7, 11) is 0. The molecule has 0 aliphatic carbocycles. The fraction of sp³-hybridized carbons (Fsp3) is 0.442. The monoisotopic (exact) mass is 602 g/mol. The Morgan fingerprint density at radius 1 is 0.289 bits per heavy atom. The minimum absolute atomic E-state index is 0.0117. The molecule has 2 nitrogen and oxygen atoms in total. The van der Waals surface area contributed by atoms with E-state index in [1.807, 2.05) is 0 Å². The molecule has 4 rings (SSSR count). The molecule has 0 bridgehead atoms. The van der Waals surface area contributed by atoms with Crippen LogP contribution in [0, 0.1) is 0 Å². The summed E-state index contributed by atoms with van der Waals surface area (Å²) in [5.41, 5.74) is 12.4. The van der Waals surface area contributed by atoms with Crippen molar-refractivity contribution in [2.75, 3.05) is 10.6 Å². The molecule has 45 heavy (non-hydrogen) atoms. The van der Waals surface area contributed by atoms with Crippen LogP contribution in [0.3, 0.4) is 0 Å². The second-order valence-corrected chi connectivity index (χ2v) is 17.6. The summed E-state index contributed by atoms with van der Waals surface area (Å²) in [4.78, 5) is 0. The average molecular weight is 603 g/mol. The second-order valence-electron chi connectivity index (χ2n) is 17.6. The van der Waals surface area contributed by atoms with E-state index < -0.39 is 0 Å². The highest BCUT2D eigenvalue weighted by Crippen LogP contribution is 2.40. The Balaban J connectivity index is 1.77. The number of anilines is 4. The lowest BCUT2D eigenvalue weighted by molar-refractivity contribution is 0.576. The fourth-order valence-corrected chi connectivity index (χ4v) is 5.59. The van der Waals surface area contributed by atoms with Crippen molar-refractivity contribution in [2.45, 2.75) is 124 Å². The SMILES string of the molecule is CC(C)(C)c1ccc(Nc2cc(C(C)(C)C)cc(C(C)(C)c3cc(Nc4ccc(C(C)(C)C)cc4)cc(C(C)(C)C)c3)c2)cc1. The molecule has 2 heteroatoms. The summed E-state index contributed by atoms with van der Waals surface area (Å²) in [5.74, 6) is 0. The van der Waals surface area contributed by atoms with Crippen molar-refractivity contribution in [1.82, 2.24) is 0 Å². The Morgan fingerprint density at radius 2 is 0.556 bits per heavy atom. The molecule has 0 aliphatic rings. The van der Waals surface area contributed by atoms with Crippen LogP contribution in [-0.2, 0) is 27.1 Å². The molecule has 0 aromatic heterocycles. The molecule has 0 saturated carbocycles. The van der Waals surface area contributed by atoms with Crippen molar-refractivity contribution in [3.8, 4) is 0 Å². The first-order valence-electron chi connectivity index (χ1n) is 16.6. The van der Waals surface area contributed by atoms with E-state index in [1.165, 1.54) is 33.4 Å². The average Bonchev–Trinajstić information content (AvgIpc) is 2.91. The lowest BCUT2D eigenvalue weighted by Crippen LogP contribution is -2.23. The lowest BCUT2D eigenvalue weighted by atomic mass is 9.73. The van der Waals surface area contributed by atoms with E-state index in [-0.39, 0.29) is 27.1 Å². The molecule has 0 amide bonds. The van der Waals surface area contributed by atoms with Gasteiger partial charge in [-0.2, -0.15) is 0 Å². The van der Waals surface area contributed by atoms with Crippen molar-refractivity contribution in [3.63, 3.8) is 0 Å². The van der Waals surface area contributed by atoms with Crippen LogP contribution in [0.1, 0.15) is 130 Å². The van der Waals surface area contributed by atoms with Crippen LogP contribution in [0.4, 0.5) is 22.7 Å². The van der Waals surface area contributed by atoms with Crippen LogP contribution >= 0.6 is 0 Å². The van der Waals surface area contributed by atoms with Gasteiger partial charge in [0.15, 0.2) is 0 Å². The molecule has 0 spiro atoms.